The SMILES string of the molecule is C=C(C)CNC(=O)C1(C#N)CCCC1. The standard InChI is InChI=1S/C11H16N2O/c1-9(2)7-13-10(14)11(8-12)5-3-4-6-11/h1,3-7H2,2H3,(H,13,14). The Morgan fingerprint density at radius 1 is 1.57 bits per heavy atom. The number of nitrogens with one attached hydrogen (secondary N) is 1. The highest BCUT2D eigenvalue weighted by atomic mass is 16.2. The van der Waals surface area contributed by atoms with E-state index in [1.54, 1.807) is 0 Å². The Kier molecular flexibility index (Phi) is 3.29. The normalized spacial score (nSPS) is 18.6. The molecule has 3 heteroatoms. The van der Waals surface area contributed by atoms with E-state index in [1.807, 2.05) is 6.92 Å². The lowest BCUT2D eigenvalue weighted by Crippen LogP contribution is -2.38. The first-order chi connectivity index (χ1) is 6.60. The van der Waals surface area contributed by atoms with Gasteiger partial charge < -0.3 is 5.32 Å². The molecule has 0 bridgehead atoms. The second-order valence-corrected chi connectivity index (χ2v) is 4.04. The molecule has 0 aromatic heterocycles. The number of carbonyl (C=O) groups excluding carboxylic acids is 1. The van der Waals surface area contributed by atoms with Crippen molar-refractivity contribution in [3.05, 3.63) is 12.2 Å². The Hall–Kier alpha value is -1.30. The van der Waals surface area contributed by atoms with Crippen molar-refractivity contribution in [3.8, 4) is 6.07 Å². The second-order valence-electron chi connectivity index (χ2n) is 4.04. The first kappa shape index (κ1) is 10.8. The van der Waals surface area contributed by atoms with Crippen LogP contribution in [0.4, 0.5) is 0 Å². The molecule has 3 nitrogen and oxygen atoms in total. The van der Waals surface area contributed by atoms with Gasteiger partial charge in [-0.2, -0.15) is 5.26 Å². The Morgan fingerprint density at radius 2 is 2.14 bits per heavy atom. The fraction of sp³-hybridized carbons (Fsp3) is 0.636. The molecule has 1 N–H and O–H groups in total. The Labute approximate surface area is 84.8 Å². The Bertz CT molecular complexity index is 282. The van der Waals surface area contributed by atoms with Crippen molar-refractivity contribution in [3.63, 3.8) is 0 Å². The Morgan fingerprint density at radius 3 is 2.57 bits per heavy atom. The van der Waals surface area contributed by atoms with Gasteiger partial charge in [-0.25, -0.2) is 0 Å². The third-order valence-electron chi connectivity index (χ3n) is 2.66. The molecule has 0 saturated heterocycles. The lowest BCUT2D eigenvalue weighted by atomic mass is 9.87. The molecule has 1 saturated carbocycles. The third-order valence-corrected chi connectivity index (χ3v) is 2.66. The zero-order valence-electron chi connectivity index (χ0n) is 8.60. The van der Waals surface area contributed by atoms with Gasteiger partial charge in [0.05, 0.1) is 6.07 Å². The summed E-state index contributed by atoms with van der Waals surface area (Å²) in [5.74, 6) is -0.125. The molecule has 0 radical (unpaired) electrons. The molecule has 0 aliphatic heterocycles. The summed E-state index contributed by atoms with van der Waals surface area (Å²) in [6, 6.07) is 2.16. The lowest BCUT2D eigenvalue weighted by molar-refractivity contribution is -0.127. The van der Waals surface area contributed by atoms with E-state index in [-0.39, 0.29) is 5.91 Å². The maximum atomic E-state index is 11.7. The molecule has 1 rings (SSSR count). The molecule has 0 aromatic carbocycles. The summed E-state index contributed by atoms with van der Waals surface area (Å²) < 4.78 is 0. The van der Waals surface area contributed by atoms with Crippen molar-refractivity contribution in [2.75, 3.05) is 6.54 Å². The van der Waals surface area contributed by atoms with Crippen molar-refractivity contribution in [1.29, 1.82) is 5.26 Å². The minimum Gasteiger partial charge on any atom is -0.351 e. The summed E-state index contributed by atoms with van der Waals surface area (Å²) in [7, 11) is 0. The lowest BCUT2D eigenvalue weighted by Gasteiger charge is -2.19. The van der Waals surface area contributed by atoms with E-state index in [4.69, 9.17) is 5.26 Å². The number of nitrogens with zero attached hydrogens (tertiary/aromatic N) is 1. The maximum absolute atomic E-state index is 11.7. The minimum absolute atomic E-state index is 0.125. The molecular formula is C11H16N2O. The van der Waals surface area contributed by atoms with Crippen LogP contribution in [0.5, 0.6) is 0 Å². The zero-order chi connectivity index (χ0) is 10.6. The van der Waals surface area contributed by atoms with Crippen molar-refractivity contribution >= 4 is 5.91 Å². The summed E-state index contributed by atoms with van der Waals surface area (Å²) in [6.45, 7) is 6.03. The van der Waals surface area contributed by atoms with E-state index in [2.05, 4.69) is 18.0 Å². The number of nitriles is 1. The van der Waals surface area contributed by atoms with E-state index in [1.165, 1.54) is 0 Å². The molecule has 1 amide bonds. The molecule has 14 heavy (non-hydrogen) atoms. The summed E-state index contributed by atoms with van der Waals surface area (Å²) in [5.41, 5.74) is 0.152. The van der Waals surface area contributed by atoms with Crippen molar-refractivity contribution < 1.29 is 4.79 Å². The van der Waals surface area contributed by atoms with Gasteiger partial charge in [0.2, 0.25) is 5.91 Å². The summed E-state index contributed by atoms with van der Waals surface area (Å²) in [5, 5.41) is 11.8. The molecule has 0 heterocycles. The van der Waals surface area contributed by atoms with Gasteiger partial charge in [0.1, 0.15) is 5.41 Å². The number of carbonyl (C=O) groups is 1. The highest BCUT2D eigenvalue weighted by Gasteiger charge is 2.41. The molecule has 0 aromatic rings. The van der Waals surface area contributed by atoms with Crippen LogP contribution < -0.4 is 5.32 Å². The van der Waals surface area contributed by atoms with Gasteiger partial charge in [-0.3, -0.25) is 4.79 Å². The van der Waals surface area contributed by atoms with Gasteiger partial charge in [-0.05, 0) is 19.8 Å². The van der Waals surface area contributed by atoms with Crippen molar-refractivity contribution in [2.45, 2.75) is 32.6 Å². The number of amides is 1. The van der Waals surface area contributed by atoms with Crippen molar-refractivity contribution in [2.24, 2.45) is 5.41 Å². The fourth-order valence-corrected chi connectivity index (χ4v) is 1.77. The second kappa shape index (κ2) is 4.28. The maximum Gasteiger partial charge on any atom is 0.240 e. The Balaban J connectivity index is 2.58. The van der Waals surface area contributed by atoms with Crippen LogP contribution in [-0.4, -0.2) is 12.5 Å². The average Bonchev–Trinajstić information content (AvgIpc) is 2.63. The molecule has 1 aliphatic carbocycles. The average molecular weight is 192 g/mol. The number of hydrogen-bond donors (Lipinski definition) is 1. The van der Waals surface area contributed by atoms with Crippen LogP contribution >= 0.6 is 0 Å². The topological polar surface area (TPSA) is 52.9 Å². The van der Waals surface area contributed by atoms with Crippen molar-refractivity contribution in [1.82, 2.24) is 5.32 Å². The van der Waals surface area contributed by atoms with Crippen LogP contribution in [0.15, 0.2) is 12.2 Å². The predicted octanol–water partition coefficient (Wildman–Crippen LogP) is 1.76. The quantitative estimate of drug-likeness (QED) is 0.693. The van der Waals surface area contributed by atoms with E-state index >= 15 is 0 Å². The highest BCUT2D eigenvalue weighted by Crippen LogP contribution is 2.37. The van der Waals surface area contributed by atoms with Gasteiger partial charge in [-0.15, -0.1) is 0 Å². The molecular weight excluding hydrogens is 176 g/mol. The molecule has 0 unspecified atom stereocenters. The summed E-state index contributed by atoms with van der Waals surface area (Å²) in [4.78, 5) is 11.7. The van der Waals surface area contributed by atoms with E-state index < -0.39 is 5.41 Å². The van der Waals surface area contributed by atoms with E-state index in [0.717, 1.165) is 18.4 Å². The van der Waals surface area contributed by atoms with Gasteiger partial charge in [0, 0.05) is 6.54 Å². The summed E-state index contributed by atoms with van der Waals surface area (Å²) in [6.07, 6.45) is 3.36. The largest absolute Gasteiger partial charge is 0.351 e. The first-order valence-corrected chi connectivity index (χ1v) is 4.95. The highest BCUT2D eigenvalue weighted by molar-refractivity contribution is 5.85. The van der Waals surface area contributed by atoms with Gasteiger partial charge in [-0.1, -0.05) is 25.0 Å². The monoisotopic (exact) mass is 192 g/mol. The minimum atomic E-state index is -0.755. The number of rotatable bonds is 3. The van der Waals surface area contributed by atoms with Gasteiger partial charge in [0.25, 0.3) is 0 Å². The molecule has 0 spiro atoms. The molecule has 0 atom stereocenters. The fourth-order valence-electron chi connectivity index (χ4n) is 1.77. The zero-order valence-corrected chi connectivity index (χ0v) is 8.60. The van der Waals surface area contributed by atoms with Crippen LogP contribution in [0, 0.1) is 16.7 Å². The van der Waals surface area contributed by atoms with Crippen LogP contribution in [0.3, 0.4) is 0 Å². The smallest absolute Gasteiger partial charge is 0.240 e. The predicted molar refractivity (Wildman–Crippen MR) is 54.3 cm³/mol. The van der Waals surface area contributed by atoms with E-state index in [0.29, 0.717) is 19.4 Å². The third kappa shape index (κ3) is 2.14. The first-order valence-electron chi connectivity index (χ1n) is 4.95. The molecule has 1 aliphatic rings. The van der Waals surface area contributed by atoms with Crippen LogP contribution in [0.1, 0.15) is 32.6 Å². The number of hydrogen-bond acceptors (Lipinski definition) is 2. The van der Waals surface area contributed by atoms with Crippen LogP contribution in [0.2, 0.25) is 0 Å². The van der Waals surface area contributed by atoms with Crippen LogP contribution in [-0.2, 0) is 4.79 Å². The van der Waals surface area contributed by atoms with E-state index in [9.17, 15) is 4.79 Å². The van der Waals surface area contributed by atoms with Gasteiger partial charge >= 0.3 is 0 Å². The molecule has 1 fully saturated rings. The van der Waals surface area contributed by atoms with Gasteiger partial charge in [0.15, 0.2) is 0 Å². The van der Waals surface area contributed by atoms with Crippen LogP contribution in [0.25, 0.3) is 0 Å². The summed E-state index contributed by atoms with van der Waals surface area (Å²) >= 11 is 0. The molecule has 76 valence electrons.